The summed E-state index contributed by atoms with van der Waals surface area (Å²) in [4.78, 5) is 0. The van der Waals surface area contributed by atoms with Gasteiger partial charge in [0.15, 0.2) is 0 Å². The third-order valence-electron chi connectivity index (χ3n) is 2.92. The van der Waals surface area contributed by atoms with Crippen LogP contribution in [-0.2, 0) is 6.42 Å². The Morgan fingerprint density at radius 3 is 2.40 bits per heavy atom. The molecule has 1 unspecified atom stereocenters. The van der Waals surface area contributed by atoms with Gasteiger partial charge in [0.25, 0.3) is 0 Å². The Morgan fingerprint density at radius 1 is 1.05 bits per heavy atom. The number of hydrogen-bond acceptors (Lipinski definition) is 1. The Balaban J connectivity index is 2.08. The van der Waals surface area contributed by atoms with Crippen molar-refractivity contribution in [3.63, 3.8) is 0 Å². The molecule has 2 aromatic carbocycles. The summed E-state index contributed by atoms with van der Waals surface area (Å²) in [5.74, 6) is 0.860. The standard InChI is InChI=1S/C17H18Cl2O/c1-12(2)20-16-5-3-4-14(11-16)17(19)10-13-6-8-15(18)9-7-13/h3-9,11-12,17H,10H2,1-2H3. The number of benzene rings is 2. The van der Waals surface area contributed by atoms with Crippen LogP contribution >= 0.6 is 23.2 Å². The zero-order valence-electron chi connectivity index (χ0n) is 11.6. The van der Waals surface area contributed by atoms with Crippen LogP contribution in [0.1, 0.15) is 30.4 Å². The zero-order valence-corrected chi connectivity index (χ0v) is 13.2. The van der Waals surface area contributed by atoms with Crippen molar-refractivity contribution >= 4 is 23.2 Å². The van der Waals surface area contributed by atoms with Crippen LogP contribution in [0.3, 0.4) is 0 Å². The first-order valence-electron chi connectivity index (χ1n) is 6.69. The summed E-state index contributed by atoms with van der Waals surface area (Å²) in [5, 5.41) is 0.666. The van der Waals surface area contributed by atoms with Gasteiger partial charge in [-0.15, -0.1) is 11.6 Å². The first-order valence-corrected chi connectivity index (χ1v) is 7.51. The summed E-state index contributed by atoms with van der Waals surface area (Å²) in [5.41, 5.74) is 2.24. The van der Waals surface area contributed by atoms with Crippen molar-refractivity contribution in [1.29, 1.82) is 0 Å². The predicted octanol–water partition coefficient (Wildman–Crippen LogP) is 5.65. The minimum Gasteiger partial charge on any atom is -0.491 e. The van der Waals surface area contributed by atoms with Crippen LogP contribution in [0.2, 0.25) is 5.02 Å². The summed E-state index contributed by atoms with van der Waals surface area (Å²) in [6.45, 7) is 4.02. The maximum atomic E-state index is 6.50. The largest absolute Gasteiger partial charge is 0.491 e. The average Bonchev–Trinajstić information content (AvgIpc) is 2.41. The molecule has 0 saturated heterocycles. The molecular formula is C17H18Cl2O. The summed E-state index contributed by atoms with van der Waals surface area (Å²) >= 11 is 12.4. The molecule has 0 aliphatic rings. The molecule has 0 aliphatic carbocycles. The highest BCUT2D eigenvalue weighted by molar-refractivity contribution is 6.30. The minimum absolute atomic E-state index is 0.0770. The Kier molecular flexibility index (Phi) is 5.33. The van der Waals surface area contributed by atoms with Crippen LogP contribution in [0, 0.1) is 0 Å². The molecule has 0 spiro atoms. The van der Waals surface area contributed by atoms with E-state index in [0.29, 0.717) is 0 Å². The molecule has 0 aliphatic heterocycles. The van der Waals surface area contributed by atoms with Gasteiger partial charge in [0.2, 0.25) is 0 Å². The van der Waals surface area contributed by atoms with E-state index in [0.717, 1.165) is 22.8 Å². The SMILES string of the molecule is CC(C)Oc1cccc(C(Cl)Cc2ccc(Cl)cc2)c1. The zero-order chi connectivity index (χ0) is 14.5. The van der Waals surface area contributed by atoms with E-state index in [1.54, 1.807) is 0 Å². The molecule has 0 aromatic heterocycles. The van der Waals surface area contributed by atoms with E-state index in [4.69, 9.17) is 27.9 Å². The van der Waals surface area contributed by atoms with Crippen LogP contribution in [0.25, 0.3) is 0 Å². The van der Waals surface area contributed by atoms with Crippen LogP contribution in [0.15, 0.2) is 48.5 Å². The normalized spacial score (nSPS) is 12.4. The van der Waals surface area contributed by atoms with Gasteiger partial charge < -0.3 is 4.74 Å². The van der Waals surface area contributed by atoms with E-state index in [2.05, 4.69) is 0 Å². The fourth-order valence-corrected chi connectivity index (χ4v) is 2.44. The third-order valence-corrected chi connectivity index (χ3v) is 3.58. The van der Waals surface area contributed by atoms with Gasteiger partial charge in [-0.05, 0) is 55.7 Å². The van der Waals surface area contributed by atoms with E-state index in [-0.39, 0.29) is 11.5 Å². The second-order valence-corrected chi connectivity index (χ2v) is 6.00. The molecule has 2 aromatic rings. The molecule has 2 rings (SSSR count). The number of ether oxygens (including phenoxy) is 1. The van der Waals surface area contributed by atoms with Crippen LogP contribution in [-0.4, -0.2) is 6.10 Å². The number of rotatable bonds is 5. The second kappa shape index (κ2) is 7.01. The van der Waals surface area contributed by atoms with Gasteiger partial charge in [-0.2, -0.15) is 0 Å². The quantitative estimate of drug-likeness (QED) is 0.648. The summed E-state index contributed by atoms with van der Waals surface area (Å²) in [6, 6.07) is 15.8. The van der Waals surface area contributed by atoms with Crippen molar-refractivity contribution < 1.29 is 4.74 Å². The van der Waals surface area contributed by atoms with Crippen molar-refractivity contribution in [2.75, 3.05) is 0 Å². The summed E-state index contributed by atoms with van der Waals surface area (Å²) < 4.78 is 5.69. The molecule has 0 bridgehead atoms. The summed E-state index contributed by atoms with van der Waals surface area (Å²) in [7, 11) is 0. The van der Waals surface area contributed by atoms with Gasteiger partial charge in [0.1, 0.15) is 5.75 Å². The Hall–Kier alpha value is -1.18. The van der Waals surface area contributed by atoms with Crippen LogP contribution in [0.4, 0.5) is 0 Å². The maximum Gasteiger partial charge on any atom is 0.120 e. The van der Waals surface area contributed by atoms with E-state index in [9.17, 15) is 0 Å². The van der Waals surface area contributed by atoms with Crippen LogP contribution < -0.4 is 4.74 Å². The lowest BCUT2D eigenvalue weighted by Crippen LogP contribution is -2.06. The lowest BCUT2D eigenvalue weighted by molar-refractivity contribution is 0.242. The fourth-order valence-electron chi connectivity index (χ4n) is 2.00. The maximum absolute atomic E-state index is 6.50. The molecular weight excluding hydrogens is 291 g/mol. The van der Waals surface area contributed by atoms with Crippen molar-refractivity contribution in [3.05, 3.63) is 64.7 Å². The molecule has 1 nitrogen and oxygen atoms in total. The smallest absolute Gasteiger partial charge is 0.120 e. The highest BCUT2D eigenvalue weighted by Gasteiger charge is 2.10. The number of halogens is 2. The molecule has 0 saturated carbocycles. The van der Waals surface area contributed by atoms with E-state index in [1.165, 1.54) is 5.56 Å². The monoisotopic (exact) mass is 308 g/mol. The lowest BCUT2D eigenvalue weighted by atomic mass is 10.0. The highest BCUT2D eigenvalue weighted by Crippen LogP contribution is 2.28. The van der Waals surface area contributed by atoms with Gasteiger partial charge >= 0.3 is 0 Å². The molecule has 0 radical (unpaired) electrons. The number of alkyl halides is 1. The van der Waals surface area contributed by atoms with Gasteiger partial charge in [-0.25, -0.2) is 0 Å². The molecule has 1 atom stereocenters. The molecule has 0 heterocycles. The van der Waals surface area contributed by atoms with E-state index >= 15 is 0 Å². The third kappa shape index (κ3) is 4.43. The molecule has 0 N–H and O–H groups in total. The van der Waals surface area contributed by atoms with Crippen molar-refractivity contribution in [1.82, 2.24) is 0 Å². The Labute approximate surface area is 130 Å². The fraction of sp³-hybridized carbons (Fsp3) is 0.294. The van der Waals surface area contributed by atoms with E-state index < -0.39 is 0 Å². The van der Waals surface area contributed by atoms with Gasteiger partial charge in [-0.1, -0.05) is 35.9 Å². The predicted molar refractivity (Wildman–Crippen MR) is 86.0 cm³/mol. The van der Waals surface area contributed by atoms with Gasteiger partial charge in [0, 0.05) is 5.02 Å². The Morgan fingerprint density at radius 2 is 1.75 bits per heavy atom. The molecule has 0 fully saturated rings. The van der Waals surface area contributed by atoms with Crippen molar-refractivity contribution in [2.45, 2.75) is 31.7 Å². The van der Waals surface area contributed by atoms with Crippen molar-refractivity contribution in [2.24, 2.45) is 0 Å². The summed E-state index contributed by atoms with van der Waals surface area (Å²) in [6.07, 6.45) is 0.930. The Bertz CT molecular complexity index is 549. The van der Waals surface area contributed by atoms with Crippen molar-refractivity contribution in [3.8, 4) is 5.75 Å². The first-order chi connectivity index (χ1) is 9.54. The molecule has 20 heavy (non-hydrogen) atoms. The first kappa shape index (κ1) is 15.2. The highest BCUT2D eigenvalue weighted by atomic mass is 35.5. The number of hydrogen-bond donors (Lipinski definition) is 0. The molecule has 106 valence electrons. The lowest BCUT2D eigenvalue weighted by Gasteiger charge is -2.14. The van der Waals surface area contributed by atoms with Gasteiger partial charge in [0.05, 0.1) is 11.5 Å². The topological polar surface area (TPSA) is 9.23 Å². The second-order valence-electron chi connectivity index (χ2n) is 5.04. The minimum atomic E-state index is -0.0770. The molecule has 3 heteroatoms. The van der Waals surface area contributed by atoms with E-state index in [1.807, 2.05) is 62.4 Å². The molecule has 0 amide bonds. The van der Waals surface area contributed by atoms with Gasteiger partial charge in [-0.3, -0.25) is 0 Å². The average molecular weight is 309 g/mol. The van der Waals surface area contributed by atoms with Crippen LogP contribution in [0.5, 0.6) is 5.75 Å².